The Bertz CT molecular complexity index is 605. The molecular formula is C17H26N2O3S. The number of rotatable bonds is 8. The maximum Gasteiger partial charge on any atom is 0.225 e. The van der Waals surface area contributed by atoms with Gasteiger partial charge in [0, 0.05) is 18.4 Å². The fourth-order valence-electron chi connectivity index (χ4n) is 2.77. The molecule has 1 saturated heterocycles. The fourth-order valence-corrected chi connectivity index (χ4v) is 3.33. The number of nitrogens with one attached hydrogen (secondary N) is 1. The van der Waals surface area contributed by atoms with Crippen LogP contribution in [0.3, 0.4) is 0 Å². The molecule has 0 aliphatic carbocycles. The van der Waals surface area contributed by atoms with Gasteiger partial charge in [0.1, 0.15) is 9.84 Å². The third-order valence-corrected chi connectivity index (χ3v) is 5.02. The van der Waals surface area contributed by atoms with Crippen LogP contribution in [-0.4, -0.2) is 50.9 Å². The summed E-state index contributed by atoms with van der Waals surface area (Å²) < 4.78 is 22.1. The number of aryl methyl sites for hydroxylation is 1. The van der Waals surface area contributed by atoms with E-state index < -0.39 is 9.84 Å². The third kappa shape index (κ3) is 7.14. The predicted octanol–water partition coefficient (Wildman–Crippen LogP) is 2.09. The summed E-state index contributed by atoms with van der Waals surface area (Å²) in [4.78, 5) is 14.2. The van der Waals surface area contributed by atoms with Gasteiger partial charge in [-0.25, -0.2) is 8.42 Å². The molecule has 1 heterocycles. The lowest BCUT2D eigenvalue weighted by Gasteiger charge is -2.14. The van der Waals surface area contributed by atoms with Crippen molar-refractivity contribution in [3.05, 3.63) is 29.8 Å². The Labute approximate surface area is 139 Å². The van der Waals surface area contributed by atoms with Gasteiger partial charge in [0.25, 0.3) is 0 Å². The highest BCUT2D eigenvalue weighted by molar-refractivity contribution is 7.90. The predicted molar refractivity (Wildman–Crippen MR) is 93.4 cm³/mol. The zero-order valence-electron chi connectivity index (χ0n) is 13.8. The summed E-state index contributed by atoms with van der Waals surface area (Å²) in [5.74, 6) is -0.384. The third-order valence-electron chi connectivity index (χ3n) is 4.08. The molecule has 23 heavy (non-hydrogen) atoms. The van der Waals surface area contributed by atoms with E-state index in [9.17, 15) is 13.2 Å². The number of benzene rings is 1. The average Bonchev–Trinajstić information content (AvgIpc) is 3.00. The second kappa shape index (κ2) is 8.45. The lowest BCUT2D eigenvalue weighted by Crippen LogP contribution is -2.20. The van der Waals surface area contributed by atoms with Crippen molar-refractivity contribution >= 4 is 21.4 Å². The van der Waals surface area contributed by atoms with Crippen LogP contribution in [0, 0.1) is 0 Å². The summed E-state index contributed by atoms with van der Waals surface area (Å²) in [6, 6.07) is 7.80. The van der Waals surface area contributed by atoms with Crippen LogP contribution in [0.1, 0.15) is 31.2 Å². The highest BCUT2D eigenvalue weighted by Gasteiger charge is 2.10. The Hall–Kier alpha value is -1.40. The zero-order chi connectivity index (χ0) is 16.7. The summed E-state index contributed by atoms with van der Waals surface area (Å²) in [6.07, 6.45) is 5.98. The molecule has 1 N–H and O–H groups in total. The largest absolute Gasteiger partial charge is 0.326 e. The first-order valence-electron chi connectivity index (χ1n) is 8.21. The van der Waals surface area contributed by atoms with Crippen LogP contribution in [-0.2, 0) is 21.1 Å². The molecule has 0 bridgehead atoms. The first-order valence-corrected chi connectivity index (χ1v) is 10.3. The minimum Gasteiger partial charge on any atom is -0.326 e. The topological polar surface area (TPSA) is 66.5 Å². The van der Waals surface area contributed by atoms with Crippen molar-refractivity contribution in [3.8, 4) is 0 Å². The maximum atomic E-state index is 11.7. The highest BCUT2D eigenvalue weighted by Crippen LogP contribution is 2.13. The van der Waals surface area contributed by atoms with E-state index in [1.54, 1.807) is 0 Å². The lowest BCUT2D eigenvalue weighted by atomic mass is 10.1. The quantitative estimate of drug-likeness (QED) is 0.788. The van der Waals surface area contributed by atoms with E-state index in [0.29, 0.717) is 5.69 Å². The van der Waals surface area contributed by atoms with Crippen molar-refractivity contribution in [2.24, 2.45) is 0 Å². The van der Waals surface area contributed by atoms with Crippen LogP contribution in [0.2, 0.25) is 0 Å². The number of carbonyl (C=O) groups is 1. The highest BCUT2D eigenvalue weighted by atomic mass is 32.2. The Morgan fingerprint density at radius 3 is 2.43 bits per heavy atom. The minimum atomic E-state index is -3.10. The van der Waals surface area contributed by atoms with Gasteiger partial charge >= 0.3 is 0 Å². The van der Waals surface area contributed by atoms with Gasteiger partial charge in [0.2, 0.25) is 5.91 Å². The molecule has 0 spiro atoms. The van der Waals surface area contributed by atoms with Crippen molar-refractivity contribution in [2.45, 2.75) is 32.1 Å². The van der Waals surface area contributed by atoms with Crippen LogP contribution in [0.25, 0.3) is 0 Å². The molecule has 6 heteroatoms. The second-order valence-electron chi connectivity index (χ2n) is 6.28. The van der Waals surface area contributed by atoms with Gasteiger partial charge in [-0.3, -0.25) is 4.79 Å². The molecule has 1 aliphatic heterocycles. The second-order valence-corrected chi connectivity index (χ2v) is 8.54. The van der Waals surface area contributed by atoms with Gasteiger partial charge in [-0.2, -0.15) is 0 Å². The molecule has 1 aromatic carbocycles. The van der Waals surface area contributed by atoms with Gasteiger partial charge in [-0.1, -0.05) is 12.1 Å². The number of hydrogen-bond donors (Lipinski definition) is 1. The number of anilines is 1. The normalized spacial score (nSPS) is 15.7. The van der Waals surface area contributed by atoms with E-state index in [-0.39, 0.29) is 18.1 Å². The van der Waals surface area contributed by atoms with Gasteiger partial charge in [0.15, 0.2) is 0 Å². The van der Waals surface area contributed by atoms with Gasteiger partial charge in [0.05, 0.1) is 5.75 Å². The molecule has 1 aromatic rings. The van der Waals surface area contributed by atoms with Crippen LogP contribution in [0.5, 0.6) is 0 Å². The number of carbonyl (C=O) groups excluding carboxylic acids is 1. The number of amides is 1. The smallest absolute Gasteiger partial charge is 0.225 e. The van der Waals surface area contributed by atoms with Gasteiger partial charge in [-0.15, -0.1) is 0 Å². The summed E-state index contributed by atoms with van der Waals surface area (Å²) in [7, 11) is -3.10. The van der Waals surface area contributed by atoms with Crippen LogP contribution >= 0.6 is 0 Å². The van der Waals surface area contributed by atoms with Crippen LogP contribution < -0.4 is 5.32 Å². The number of hydrogen-bond acceptors (Lipinski definition) is 4. The average molecular weight is 338 g/mol. The molecule has 1 amide bonds. The number of sulfone groups is 1. The maximum absolute atomic E-state index is 11.7. The molecule has 0 atom stereocenters. The fraction of sp³-hybridized carbons (Fsp3) is 0.588. The summed E-state index contributed by atoms with van der Waals surface area (Å²) in [6.45, 7) is 3.63. The van der Waals surface area contributed by atoms with Crippen molar-refractivity contribution in [3.63, 3.8) is 0 Å². The van der Waals surface area contributed by atoms with E-state index >= 15 is 0 Å². The van der Waals surface area contributed by atoms with Gasteiger partial charge in [-0.05, 0) is 63.0 Å². The van der Waals surface area contributed by atoms with Crippen LogP contribution in [0.15, 0.2) is 24.3 Å². The number of likely N-dealkylation sites (tertiary alicyclic amines) is 1. The van der Waals surface area contributed by atoms with Crippen molar-refractivity contribution in [1.82, 2.24) is 4.90 Å². The van der Waals surface area contributed by atoms with Crippen molar-refractivity contribution < 1.29 is 13.2 Å². The Morgan fingerprint density at radius 1 is 1.17 bits per heavy atom. The molecule has 0 unspecified atom stereocenters. The molecule has 128 valence electrons. The molecule has 0 saturated carbocycles. The van der Waals surface area contributed by atoms with Crippen molar-refractivity contribution in [2.75, 3.05) is 37.0 Å². The molecule has 5 nitrogen and oxygen atoms in total. The van der Waals surface area contributed by atoms with Crippen molar-refractivity contribution in [1.29, 1.82) is 0 Å². The molecule has 1 fully saturated rings. The molecule has 0 aromatic heterocycles. The van der Waals surface area contributed by atoms with E-state index in [1.807, 2.05) is 24.3 Å². The van der Waals surface area contributed by atoms with E-state index in [0.717, 1.165) is 25.6 Å². The summed E-state index contributed by atoms with van der Waals surface area (Å²) >= 11 is 0. The van der Waals surface area contributed by atoms with E-state index in [2.05, 4.69) is 10.2 Å². The molecule has 2 rings (SSSR count). The Balaban J connectivity index is 1.72. The molecular weight excluding hydrogens is 312 g/mol. The summed E-state index contributed by atoms with van der Waals surface area (Å²) in [5, 5.41) is 2.73. The molecule has 0 radical (unpaired) electrons. The van der Waals surface area contributed by atoms with E-state index in [4.69, 9.17) is 0 Å². The lowest BCUT2D eigenvalue weighted by molar-refractivity contribution is -0.115. The first kappa shape index (κ1) is 17.9. The molecule has 1 aliphatic rings. The van der Waals surface area contributed by atoms with Crippen LogP contribution in [0.4, 0.5) is 5.69 Å². The summed E-state index contributed by atoms with van der Waals surface area (Å²) in [5.41, 5.74) is 1.98. The SMILES string of the molecule is CS(=O)(=O)CCC(=O)Nc1ccc(CCCN2CCCC2)cc1. The first-order chi connectivity index (χ1) is 10.9. The minimum absolute atomic E-state index is 0.00355. The Morgan fingerprint density at radius 2 is 1.83 bits per heavy atom. The van der Waals surface area contributed by atoms with E-state index in [1.165, 1.54) is 31.5 Å². The monoisotopic (exact) mass is 338 g/mol. The number of nitrogens with zero attached hydrogens (tertiary/aromatic N) is 1. The zero-order valence-corrected chi connectivity index (χ0v) is 14.6. The standard InChI is InChI=1S/C17H26N2O3S/c1-23(21,22)14-10-17(20)18-16-8-6-15(7-9-16)5-4-13-19-11-2-3-12-19/h6-9H,2-5,10-14H2,1H3,(H,18,20). The Kier molecular flexibility index (Phi) is 6.59. The van der Waals surface area contributed by atoms with Gasteiger partial charge < -0.3 is 10.2 Å².